The third-order valence-electron chi connectivity index (χ3n) is 4.79. The zero-order valence-electron chi connectivity index (χ0n) is 12.1. The molecule has 2 fully saturated rings. The molecule has 2 aliphatic rings. The van der Waals surface area contributed by atoms with Crippen molar-refractivity contribution in [1.82, 2.24) is 4.90 Å². The Kier molecular flexibility index (Phi) is 5.64. The van der Waals surface area contributed by atoms with E-state index in [2.05, 4.69) is 4.90 Å². The number of nitrogens with two attached hydrogens (primary N) is 1. The molecule has 0 radical (unpaired) electrons. The van der Waals surface area contributed by atoms with Gasteiger partial charge in [0.1, 0.15) is 0 Å². The first-order valence-electron chi connectivity index (χ1n) is 7.72. The molecule has 1 aliphatic heterocycles. The largest absolute Gasteiger partial charge is 0.384 e. The highest BCUT2D eigenvalue weighted by molar-refractivity contribution is 5.79. The second-order valence-electron chi connectivity index (χ2n) is 6.19. The molecular formula is C15H28N2O2. The van der Waals surface area contributed by atoms with Crippen LogP contribution in [0.25, 0.3) is 0 Å². The minimum absolute atomic E-state index is 0.237. The Morgan fingerprint density at radius 3 is 2.58 bits per heavy atom. The molecule has 2 N–H and O–H groups in total. The topological polar surface area (TPSA) is 55.6 Å². The Balaban J connectivity index is 1.80. The summed E-state index contributed by atoms with van der Waals surface area (Å²) in [5.41, 5.74) is 5.76. The summed E-state index contributed by atoms with van der Waals surface area (Å²) in [5.74, 6) is 1.82. The van der Waals surface area contributed by atoms with Crippen LogP contribution in [0.5, 0.6) is 0 Å². The zero-order chi connectivity index (χ0) is 13.7. The van der Waals surface area contributed by atoms with E-state index < -0.39 is 0 Å². The number of rotatable bonds is 4. The zero-order valence-corrected chi connectivity index (χ0v) is 12.1. The molecule has 2 unspecified atom stereocenters. The van der Waals surface area contributed by atoms with Crippen molar-refractivity contribution in [2.75, 3.05) is 33.4 Å². The smallest absolute Gasteiger partial charge is 0.225 e. The average molecular weight is 268 g/mol. The van der Waals surface area contributed by atoms with Crippen LogP contribution >= 0.6 is 0 Å². The molecule has 2 rings (SSSR count). The third kappa shape index (κ3) is 3.93. The van der Waals surface area contributed by atoms with Crippen LogP contribution in [-0.2, 0) is 9.53 Å². The fraction of sp³-hybridized carbons (Fsp3) is 0.933. The summed E-state index contributed by atoms with van der Waals surface area (Å²) in [5, 5.41) is 0. The van der Waals surface area contributed by atoms with Crippen LogP contribution in [-0.4, -0.2) is 44.2 Å². The summed E-state index contributed by atoms with van der Waals surface area (Å²) in [7, 11) is 1.76. The van der Waals surface area contributed by atoms with Gasteiger partial charge in [-0.05, 0) is 50.5 Å². The highest BCUT2D eigenvalue weighted by Gasteiger charge is 2.31. The van der Waals surface area contributed by atoms with Crippen molar-refractivity contribution in [2.24, 2.45) is 23.5 Å². The highest BCUT2D eigenvalue weighted by atomic mass is 16.5. The molecule has 1 amide bonds. The maximum absolute atomic E-state index is 12.5. The highest BCUT2D eigenvalue weighted by Crippen LogP contribution is 2.30. The molecule has 1 aliphatic carbocycles. The number of piperidine rings is 1. The summed E-state index contributed by atoms with van der Waals surface area (Å²) >= 11 is 0. The van der Waals surface area contributed by atoms with Crippen LogP contribution in [0.1, 0.15) is 38.5 Å². The van der Waals surface area contributed by atoms with E-state index in [4.69, 9.17) is 10.5 Å². The third-order valence-corrected chi connectivity index (χ3v) is 4.79. The molecular weight excluding hydrogens is 240 g/mol. The molecule has 19 heavy (non-hydrogen) atoms. The normalized spacial score (nSPS) is 29.5. The molecule has 1 heterocycles. The Labute approximate surface area is 116 Å². The Morgan fingerprint density at radius 1 is 1.21 bits per heavy atom. The lowest BCUT2D eigenvalue weighted by molar-refractivity contribution is -0.138. The molecule has 0 aromatic carbocycles. The van der Waals surface area contributed by atoms with Gasteiger partial charge in [0, 0.05) is 32.7 Å². The van der Waals surface area contributed by atoms with Gasteiger partial charge in [-0.3, -0.25) is 4.79 Å². The number of carbonyl (C=O) groups is 1. The number of amides is 1. The second-order valence-corrected chi connectivity index (χ2v) is 6.19. The first-order valence-corrected chi connectivity index (χ1v) is 7.72. The summed E-state index contributed by atoms with van der Waals surface area (Å²) < 4.78 is 5.20. The quantitative estimate of drug-likeness (QED) is 0.843. The van der Waals surface area contributed by atoms with Gasteiger partial charge in [0.05, 0.1) is 0 Å². The molecule has 4 heteroatoms. The molecule has 1 saturated heterocycles. The Morgan fingerprint density at radius 2 is 1.95 bits per heavy atom. The lowest BCUT2D eigenvalue weighted by Crippen LogP contribution is -2.43. The lowest BCUT2D eigenvalue weighted by Gasteiger charge is -2.36. The van der Waals surface area contributed by atoms with E-state index in [0.29, 0.717) is 17.7 Å². The number of nitrogens with zero attached hydrogens (tertiary/aromatic N) is 1. The van der Waals surface area contributed by atoms with E-state index in [1.807, 2.05) is 0 Å². The predicted molar refractivity (Wildman–Crippen MR) is 75.7 cm³/mol. The minimum atomic E-state index is 0.237. The molecule has 2 atom stereocenters. The van der Waals surface area contributed by atoms with Crippen LogP contribution in [0.4, 0.5) is 0 Å². The van der Waals surface area contributed by atoms with Crippen LogP contribution in [0, 0.1) is 17.8 Å². The van der Waals surface area contributed by atoms with Crippen molar-refractivity contribution in [2.45, 2.75) is 38.5 Å². The van der Waals surface area contributed by atoms with E-state index in [1.165, 1.54) is 12.8 Å². The van der Waals surface area contributed by atoms with Gasteiger partial charge in [0.15, 0.2) is 0 Å². The van der Waals surface area contributed by atoms with Crippen LogP contribution in [0.2, 0.25) is 0 Å². The first kappa shape index (κ1) is 14.8. The second kappa shape index (κ2) is 7.25. The standard InChI is InChI=1S/C15H28N2O2/c1-19-11-12-5-7-17(8-6-12)15(18)14-4-2-3-13(9-14)10-16/h12-14H,2-11,16H2,1H3. The number of methoxy groups -OCH3 is 1. The Bertz CT molecular complexity index is 288. The van der Waals surface area contributed by atoms with Gasteiger partial charge in [0.25, 0.3) is 0 Å². The summed E-state index contributed by atoms with van der Waals surface area (Å²) in [6.45, 7) is 3.40. The van der Waals surface area contributed by atoms with E-state index in [1.54, 1.807) is 7.11 Å². The molecule has 4 nitrogen and oxygen atoms in total. The number of hydrogen-bond acceptors (Lipinski definition) is 3. The summed E-state index contributed by atoms with van der Waals surface area (Å²) in [6, 6.07) is 0. The van der Waals surface area contributed by atoms with Crippen LogP contribution in [0.15, 0.2) is 0 Å². The van der Waals surface area contributed by atoms with Crippen molar-refractivity contribution in [1.29, 1.82) is 0 Å². The number of ether oxygens (including phenoxy) is 1. The maximum atomic E-state index is 12.5. The van der Waals surface area contributed by atoms with E-state index in [9.17, 15) is 4.79 Å². The van der Waals surface area contributed by atoms with Gasteiger partial charge in [-0.2, -0.15) is 0 Å². The van der Waals surface area contributed by atoms with E-state index >= 15 is 0 Å². The van der Waals surface area contributed by atoms with E-state index in [-0.39, 0.29) is 5.92 Å². The summed E-state index contributed by atoms with van der Waals surface area (Å²) in [6.07, 6.45) is 6.62. The average Bonchev–Trinajstić information content (AvgIpc) is 2.48. The molecule has 0 spiro atoms. The predicted octanol–water partition coefficient (Wildman–Crippen LogP) is 1.64. The first-order chi connectivity index (χ1) is 9.24. The molecule has 110 valence electrons. The monoisotopic (exact) mass is 268 g/mol. The molecule has 0 bridgehead atoms. The number of carbonyl (C=O) groups excluding carboxylic acids is 1. The number of likely N-dealkylation sites (tertiary alicyclic amines) is 1. The molecule has 0 aromatic heterocycles. The van der Waals surface area contributed by atoms with Gasteiger partial charge in [0.2, 0.25) is 5.91 Å². The van der Waals surface area contributed by atoms with Crippen molar-refractivity contribution in [3.8, 4) is 0 Å². The summed E-state index contributed by atoms with van der Waals surface area (Å²) in [4.78, 5) is 14.6. The van der Waals surface area contributed by atoms with Gasteiger partial charge in [-0.25, -0.2) is 0 Å². The van der Waals surface area contributed by atoms with Crippen LogP contribution < -0.4 is 5.73 Å². The van der Waals surface area contributed by atoms with Crippen molar-refractivity contribution >= 4 is 5.91 Å². The fourth-order valence-electron chi connectivity index (χ4n) is 3.54. The maximum Gasteiger partial charge on any atom is 0.225 e. The van der Waals surface area contributed by atoms with E-state index in [0.717, 1.165) is 51.9 Å². The lowest BCUT2D eigenvalue weighted by atomic mass is 9.80. The Hall–Kier alpha value is -0.610. The SMILES string of the molecule is COCC1CCN(C(=O)C2CCCC(CN)C2)CC1. The fourth-order valence-corrected chi connectivity index (χ4v) is 3.54. The molecule has 1 saturated carbocycles. The van der Waals surface area contributed by atoms with Crippen molar-refractivity contribution in [3.63, 3.8) is 0 Å². The number of hydrogen-bond donors (Lipinski definition) is 1. The van der Waals surface area contributed by atoms with Gasteiger partial charge in [-0.15, -0.1) is 0 Å². The van der Waals surface area contributed by atoms with Gasteiger partial charge in [-0.1, -0.05) is 6.42 Å². The van der Waals surface area contributed by atoms with Crippen molar-refractivity contribution < 1.29 is 9.53 Å². The molecule has 0 aromatic rings. The van der Waals surface area contributed by atoms with Gasteiger partial charge < -0.3 is 15.4 Å². The van der Waals surface area contributed by atoms with Crippen LogP contribution in [0.3, 0.4) is 0 Å². The van der Waals surface area contributed by atoms with Gasteiger partial charge >= 0.3 is 0 Å². The van der Waals surface area contributed by atoms with Crippen molar-refractivity contribution in [3.05, 3.63) is 0 Å². The minimum Gasteiger partial charge on any atom is -0.384 e.